The van der Waals surface area contributed by atoms with Crippen molar-refractivity contribution in [3.63, 3.8) is 0 Å². The van der Waals surface area contributed by atoms with Crippen molar-refractivity contribution in [2.75, 3.05) is 20.8 Å². The van der Waals surface area contributed by atoms with E-state index in [1.165, 1.54) is 20.3 Å². The van der Waals surface area contributed by atoms with Gasteiger partial charge in [-0.1, -0.05) is 0 Å². The van der Waals surface area contributed by atoms with Crippen LogP contribution in [0.1, 0.15) is 11.6 Å². The molecule has 0 heterocycles. The molecule has 1 aromatic rings. The van der Waals surface area contributed by atoms with Gasteiger partial charge in [-0.05, 0) is 15.9 Å². The number of ether oxygens (including phenoxy) is 2. The number of nitro groups is 1. The third kappa shape index (κ3) is 2.55. The zero-order valence-corrected chi connectivity index (χ0v) is 11.4. The lowest BCUT2D eigenvalue weighted by Crippen LogP contribution is -2.18. The maximum atomic E-state index is 11.1. The number of aliphatic hydroxyl groups excluding tert-OH is 1. The number of nitrogens with zero attached hydrogens (tertiary/aromatic N) is 1. The summed E-state index contributed by atoms with van der Waals surface area (Å²) in [4.78, 5) is 10.5. The van der Waals surface area contributed by atoms with Gasteiger partial charge in [-0.25, -0.2) is 0 Å². The van der Waals surface area contributed by atoms with Gasteiger partial charge in [0.15, 0.2) is 11.5 Å². The van der Waals surface area contributed by atoms with Gasteiger partial charge >= 0.3 is 0 Å². The molecule has 0 aromatic heterocycles. The van der Waals surface area contributed by atoms with Gasteiger partial charge in [0, 0.05) is 6.07 Å². The fourth-order valence-corrected chi connectivity index (χ4v) is 2.17. The van der Waals surface area contributed by atoms with E-state index < -0.39 is 17.6 Å². The fraction of sp³-hybridized carbons (Fsp3) is 0.400. The minimum Gasteiger partial charge on any atom is -0.493 e. The molecule has 0 aliphatic carbocycles. The first-order valence-electron chi connectivity index (χ1n) is 4.93. The van der Waals surface area contributed by atoms with Crippen LogP contribution in [0.15, 0.2) is 10.5 Å². The molecule has 1 atom stereocenters. The highest BCUT2D eigenvalue weighted by atomic mass is 79.9. The average molecular weight is 321 g/mol. The second-order valence-electron chi connectivity index (χ2n) is 3.40. The van der Waals surface area contributed by atoms with Crippen LogP contribution in [-0.4, -0.2) is 30.9 Å². The number of nitrogens with two attached hydrogens (primary N) is 1. The first-order valence-corrected chi connectivity index (χ1v) is 5.72. The van der Waals surface area contributed by atoms with E-state index in [1.54, 1.807) is 0 Å². The van der Waals surface area contributed by atoms with Gasteiger partial charge in [-0.2, -0.15) is 0 Å². The molecule has 8 heteroatoms. The summed E-state index contributed by atoms with van der Waals surface area (Å²) in [6.45, 7) is -0.448. The molecule has 0 fully saturated rings. The molecule has 0 spiro atoms. The van der Waals surface area contributed by atoms with Crippen LogP contribution in [0.25, 0.3) is 0 Å². The molecule has 0 radical (unpaired) electrons. The standard InChI is InChI=1S/C10H13BrN2O5/c1-17-7-3-5(11)9(13(15)16)8(6(12)4-14)10(7)18-2/h3,6,14H,4,12H2,1-2H3/t6-/m1/s1. The molecule has 1 aromatic carbocycles. The Morgan fingerprint density at radius 3 is 2.56 bits per heavy atom. The second-order valence-corrected chi connectivity index (χ2v) is 4.26. The Kier molecular flexibility index (Phi) is 4.88. The third-order valence-electron chi connectivity index (χ3n) is 2.38. The molecule has 0 amide bonds. The number of benzene rings is 1. The molecular weight excluding hydrogens is 308 g/mol. The van der Waals surface area contributed by atoms with Crippen LogP contribution in [-0.2, 0) is 0 Å². The van der Waals surface area contributed by atoms with Crippen LogP contribution in [0.5, 0.6) is 11.5 Å². The first-order chi connectivity index (χ1) is 8.47. The number of rotatable bonds is 5. The molecule has 0 saturated carbocycles. The largest absolute Gasteiger partial charge is 0.493 e. The number of hydrogen-bond acceptors (Lipinski definition) is 6. The summed E-state index contributed by atoms with van der Waals surface area (Å²) < 4.78 is 10.4. The molecule has 1 rings (SSSR count). The van der Waals surface area contributed by atoms with Crippen molar-refractivity contribution in [2.24, 2.45) is 5.73 Å². The second kappa shape index (κ2) is 5.98. The monoisotopic (exact) mass is 320 g/mol. The molecule has 3 N–H and O–H groups in total. The number of halogens is 1. The molecule has 0 unspecified atom stereocenters. The molecular formula is C10H13BrN2O5. The van der Waals surface area contributed by atoms with Gasteiger partial charge < -0.3 is 20.3 Å². The van der Waals surface area contributed by atoms with Crippen molar-refractivity contribution in [3.05, 3.63) is 26.2 Å². The molecule has 7 nitrogen and oxygen atoms in total. The van der Waals surface area contributed by atoms with E-state index in [9.17, 15) is 10.1 Å². The third-order valence-corrected chi connectivity index (χ3v) is 2.99. The minimum atomic E-state index is -0.938. The summed E-state index contributed by atoms with van der Waals surface area (Å²) >= 11 is 3.09. The van der Waals surface area contributed by atoms with Gasteiger partial charge in [0.25, 0.3) is 5.69 Å². The molecule has 100 valence electrons. The topological polar surface area (TPSA) is 108 Å². The molecule has 0 saturated heterocycles. The van der Waals surface area contributed by atoms with Crippen molar-refractivity contribution in [1.29, 1.82) is 0 Å². The van der Waals surface area contributed by atoms with Crippen LogP contribution < -0.4 is 15.2 Å². The predicted molar refractivity (Wildman–Crippen MR) is 67.9 cm³/mol. The number of hydrogen-bond donors (Lipinski definition) is 2. The Labute approximate surface area is 112 Å². The van der Waals surface area contributed by atoms with E-state index >= 15 is 0 Å². The zero-order valence-electron chi connectivity index (χ0n) is 9.84. The Morgan fingerprint density at radius 2 is 2.17 bits per heavy atom. The van der Waals surface area contributed by atoms with Crippen LogP contribution in [0.2, 0.25) is 0 Å². The quantitative estimate of drug-likeness (QED) is 0.626. The maximum Gasteiger partial charge on any atom is 0.292 e. The predicted octanol–water partition coefficient (Wildman–Crippen LogP) is 1.37. The lowest BCUT2D eigenvalue weighted by molar-refractivity contribution is -0.386. The highest BCUT2D eigenvalue weighted by Crippen LogP contribution is 2.44. The minimum absolute atomic E-state index is 0.0937. The van der Waals surface area contributed by atoms with Gasteiger partial charge in [-0.15, -0.1) is 0 Å². The summed E-state index contributed by atoms with van der Waals surface area (Å²) in [6, 6.07) is 0.483. The fourth-order valence-electron chi connectivity index (χ4n) is 1.60. The highest BCUT2D eigenvalue weighted by Gasteiger charge is 2.30. The number of aliphatic hydroxyl groups is 1. The normalized spacial score (nSPS) is 12.1. The van der Waals surface area contributed by atoms with Crippen LogP contribution in [0, 0.1) is 10.1 Å². The van der Waals surface area contributed by atoms with Crippen molar-refractivity contribution >= 4 is 21.6 Å². The van der Waals surface area contributed by atoms with E-state index in [1.807, 2.05) is 0 Å². The van der Waals surface area contributed by atoms with Gasteiger partial charge in [0.05, 0.1) is 41.8 Å². The molecule has 0 aliphatic heterocycles. The van der Waals surface area contributed by atoms with Crippen LogP contribution in [0.4, 0.5) is 5.69 Å². The van der Waals surface area contributed by atoms with E-state index in [0.717, 1.165) is 0 Å². The first kappa shape index (κ1) is 14.7. The summed E-state index contributed by atoms with van der Waals surface area (Å²) in [6.07, 6.45) is 0. The highest BCUT2D eigenvalue weighted by molar-refractivity contribution is 9.10. The summed E-state index contributed by atoms with van der Waals surface area (Å²) in [5.74, 6) is 0.447. The molecule has 18 heavy (non-hydrogen) atoms. The Morgan fingerprint density at radius 1 is 1.56 bits per heavy atom. The molecule has 0 bridgehead atoms. The van der Waals surface area contributed by atoms with Crippen LogP contribution in [0.3, 0.4) is 0 Å². The molecule has 0 aliphatic rings. The van der Waals surface area contributed by atoms with Gasteiger partial charge in [0.1, 0.15) is 0 Å². The summed E-state index contributed by atoms with van der Waals surface area (Å²) in [5.41, 5.74) is 5.54. The van der Waals surface area contributed by atoms with E-state index in [4.69, 9.17) is 20.3 Å². The number of methoxy groups -OCH3 is 2. The van der Waals surface area contributed by atoms with Crippen molar-refractivity contribution in [2.45, 2.75) is 6.04 Å². The Hall–Kier alpha value is -1.38. The average Bonchev–Trinajstić information content (AvgIpc) is 2.35. The Balaban J connectivity index is 3.66. The van der Waals surface area contributed by atoms with Crippen molar-refractivity contribution in [1.82, 2.24) is 0 Å². The van der Waals surface area contributed by atoms with E-state index in [-0.39, 0.29) is 21.5 Å². The Bertz CT molecular complexity index is 466. The van der Waals surface area contributed by atoms with E-state index in [0.29, 0.717) is 5.75 Å². The summed E-state index contributed by atoms with van der Waals surface area (Å²) in [7, 11) is 2.76. The van der Waals surface area contributed by atoms with Gasteiger partial charge in [0.2, 0.25) is 0 Å². The van der Waals surface area contributed by atoms with Gasteiger partial charge in [-0.3, -0.25) is 10.1 Å². The van der Waals surface area contributed by atoms with Crippen molar-refractivity contribution in [3.8, 4) is 11.5 Å². The lowest BCUT2D eigenvalue weighted by atomic mass is 10.0. The van der Waals surface area contributed by atoms with E-state index in [2.05, 4.69) is 15.9 Å². The SMILES string of the molecule is COc1cc(Br)c([N+](=O)[O-])c([C@H](N)CO)c1OC. The smallest absolute Gasteiger partial charge is 0.292 e. The summed E-state index contributed by atoms with van der Waals surface area (Å²) in [5, 5.41) is 20.2. The van der Waals surface area contributed by atoms with Crippen LogP contribution >= 0.6 is 15.9 Å². The lowest BCUT2D eigenvalue weighted by Gasteiger charge is -2.17. The van der Waals surface area contributed by atoms with Crippen molar-refractivity contribution < 1.29 is 19.5 Å². The maximum absolute atomic E-state index is 11.1. The zero-order chi connectivity index (χ0) is 13.9. The number of nitro benzene ring substituents is 1.